The first kappa shape index (κ1) is 23.0. The lowest BCUT2D eigenvalue weighted by atomic mass is 10.2. The SMILES string of the molecule is CCOC(=O)c1ccc(NC(=O)C2CC(=O)N/C(=N\N=Cc3ccc(OC)cc3)S2)cc1. The predicted octanol–water partition coefficient (Wildman–Crippen LogP) is 2.82. The number of thioether (sulfide) groups is 1. The zero-order chi connectivity index (χ0) is 22.9. The van der Waals surface area contributed by atoms with Crippen molar-refractivity contribution in [2.45, 2.75) is 18.6 Å². The summed E-state index contributed by atoms with van der Waals surface area (Å²) in [7, 11) is 1.59. The van der Waals surface area contributed by atoms with Gasteiger partial charge < -0.3 is 20.1 Å². The number of amides is 2. The monoisotopic (exact) mass is 454 g/mol. The van der Waals surface area contributed by atoms with Crippen LogP contribution in [-0.2, 0) is 14.3 Å². The minimum absolute atomic E-state index is 0.0125. The summed E-state index contributed by atoms with van der Waals surface area (Å²) in [6.07, 6.45) is 1.55. The number of anilines is 1. The minimum Gasteiger partial charge on any atom is -0.497 e. The quantitative estimate of drug-likeness (QED) is 0.377. The van der Waals surface area contributed by atoms with Crippen LogP contribution >= 0.6 is 11.8 Å². The number of amidine groups is 1. The molecule has 2 aromatic carbocycles. The molecule has 166 valence electrons. The summed E-state index contributed by atoms with van der Waals surface area (Å²) < 4.78 is 10.0. The molecule has 2 amide bonds. The van der Waals surface area contributed by atoms with E-state index < -0.39 is 11.2 Å². The van der Waals surface area contributed by atoms with Crippen molar-refractivity contribution in [2.24, 2.45) is 10.2 Å². The highest BCUT2D eigenvalue weighted by Gasteiger charge is 2.30. The Bertz CT molecular complexity index is 1040. The molecule has 0 spiro atoms. The van der Waals surface area contributed by atoms with Gasteiger partial charge in [-0.05, 0) is 61.0 Å². The zero-order valence-electron chi connectivity index (χ0n) is 17.5. The molecule has 2 aromatic rings. The first-order chi connectivity index (χ1) is 15.5. The Balaban J connectivity index is 1.60. The summed E-state index contributed by atoms with van der Waals surface area (Å²) in [6, 6.07) is 13.6. The third-order valence-corrected chi connectivity index (χ3v) is 5.37. The van der Waals surface area contributed by atoms with Crippen LogP contribution < -0.4 is 15.4 Å². The molecule has 0 aliphatic carbocycles. The molecule has 1 atom stereocenters. The number of hydrogen-bond acceptors (Lipinski definition) is 8. The van der Waals surface area contributed by atoms with Gasteiger partial charge >= 0.3 is 5.97 Å². The first-order valence-electron chi connectivity index (χ1n) is 9.78. The molecule has 0 bridgehead atoms. The molecular formula is C22H22N4O5S. The van der Waals surface area contributed by atoms with E-state index in [2.05, 4.69) is 20.8 Å². The summed E-state index contributed by atoms with van der Waals surface area (Å²) >= 11 is 1.12. The number of carbonyl (C=O) groups is 3. The molecule has 1 unspecified atom stereocenters. The number of nitrogens with zero attached hydrogens (tertiary/aromatic N) is 2. The van der Waals surface area contributed by atoms with Crippen molar-refractivity contribution >= 4 is 46.6 Å². The molecule has 3 rings (SSSR count). The van der Waals surface area contributed by atoms with Crippen LogP contribution in [0.2, 0.25) is 0 Å². The lowest BCUT2D eigenvalue weighted by molar-refractivity contribution is -0.123. The highest BCUT2D eigenvalue weighted by atomic mass is 32.2. The third-order valence-electron chi connectivity index (χ3n) is 4.30. The van der Waals surface area contributed by atoms with Gasteiger partial charge in [-0.2, -0.15) is 5.10 Å². The molecular weight excluding hydrogens is 432 g/mol. The van der Waals surface area contributed by atoms with Crippen molar-refractivity contribution in [3.8, 4) is 5.75 Å². The second-order valence-electron chi connectivity index (χ2n) is 6.57. The number of methoxy groups -OCH3 is 1. The Labute approximate surface area is 189 Å². The maximum Gasteiger partial charge on any atom is 0.338 e. The number of ether oxygens (including phenoxy) is 2. The van der Waals surface area contributed by atoms with E-state index in [1.165, 1.54) is 6.21 Å². The number of hydrogen-bond donors (Lipinski definition) is 2. The van der Waals surface area contributed by atoms with Crippen LogP contribution in [0, 0.1) is 0 Å². The Hall–Kier alpha value is -3.66. The van der Waals surface area contributed by atoms with Gasteiger partial charge in [-0.15, -0.1) is 5.10 Å². The zero-order valence-corrected chi connectivity index (χ0v) is 18.3. The smallest absolute Gasteiger partial charge is 0.338 e. The Kier molecular flexibility index (Phi) is 7.98. The number of carbonyl (C=O) groups excluding carboxylic acids is 3. The molecule has 9 nitrogen and oxygen atoms in total. The fourth-order valence-electron chi connectivity index (χ4n) is 2.70. The standard InChI is InChI=1S/C22H22N4O5S/c1-3-31-21(29)15-6-8-16(9-7-15)24-20(28)18-12-19(27)25-22(32-18)26-23-13-14-4-10-17(30-2)11-5-14/h4-11,13,18H,3,12H2,1-2H3,(H,24,28)(H,25,26,27). The Morgan fingerprint density at radius 2 is 1.91 bits per heavy atom. The van der Waals surface area contributed by atoms with Crippen LogP contribution in [-0.4, -0.2) is 48.1 Å². The van der Waals surface area contributed by atoms with Gasteiger partial charge in [0.05, 0.1) is 25.5 Å². The largest absolute Gasteiger partial charge is 0.497 e. The predicted molar refractivity (Wildman–Crippen MR) is 123 cm³/mol. The lowest BCUT2D eigenvalue weighted by Gasteiger charge is -2.21. The Morgan fingerprint density at radius 3 is 2.56 bits per heavy atom. The van der Waals surface area contributed by atoms with Crippen LogP contribution in [0.5, 0.6) is 5.75 Å². The average Bonchev–Trinajstić information content (AvgIpc) is 2.80. The topological polar surface area (TPSA) is 118 Å². The van der Waals surface area contributed by atoms with Gasteiger partial charge in [0.15, 0.2) is 5.17 Å². The number of nitrogens with one attached hydrogen (secondary N) is 2. The molecule has 1 aliphatic rings. The summed E-state index contributed by atoms with van der Waals surface area (Å²) in [4.78, 5) is 36.4. The molecule has 0 saturated carbocycles. The van der Waals surface area contributed by atoms with Gasteiger partial charge in [-0.1, -0.05) is 11.8 Å². The molecule has 2 N–H and O–H groups in total. The van der Waals surface area contributed by atoms with Gasteiger partial charge in [0, 0.05) is 12.1 Å². The molecule has 10 heteroatoms. The minimum atomic E-state index is -0.664. The van der Waals surface area contributed by atoms with E-state index in [9.17, 15) is 14.4 Å². The van der Waals surface area contributed by atoms with Crippen molar-refractivity contribution in [1.82, 2.24) is 5.32 Å². The average molecular weight is 455 g/mol. The number of benzene rings is 2. The Morgan fingerprint density at radius 1 is 1.19 bits per heavy atom. The summed E-state index contributed by atoms with van der Waals surface area (Å²) in [5.41, 5.74) is 1.70. The molecule has 32 heavy (non-hydrogen) atoms. The maximum absolute atomic E-state index is 12.6. The van der Waals surface area contributed by atoms with Crippen molar-refractivity contribution in [2.75, 3.05) is 19.0 Å². The van der Waals surface area contributed by atoms with Gasteiger partial charge in [-0.3, -0.25) is 9.59 Å². The van der Waals surface area contributed by atoms with E-state index >= 15 is 0 Å². The maximum atomic E-state index is 12.6. The van der Waals surface area contributed by atoms with E-state index in [1.807, 2.05) is 12.1 Å². The highest BCUT2D eigenvalue weighted by Crippen LogP contribution is 2.23. The normalized spacial score (nSPS) is 17.1. The van der Waals surface area contributed by atoms with Gasteiger partial charge in [0.1, 0.15) is 11.0 Å². The van der Waals surface area contributed by atoms with Crippen molar-refractivity contribution in [3.63, 3.8) is 0 Å². The van der Waals surface area contributed by atoms with Gasteiger partial charge in [0.2, 0.25) is 11.8 Å². The van der Waals surface area contributed by atoms with Crippen molar-refractivity contribution < 1.29 is 23.9 Å². The summed E-state index contributed by atoms with van der Waals surface area (Å²) in [5, 5.41) is 12.9. The fourth-order valence-corrected chi connectivity index (χ4v) is 3.64. The molecule has 0 radical (unpaired) electrons. The summed E-state index contributed by atoms with van der Waals surface area (Å²) in [5.74, 6) is -0.366. The second-order valence-corrected chi connectivity index (χ2v) is 7.76. The van der Waals surface area contributed by atoms with Gasteiger partial charge in [0.25, 0.3) is 0 Å². The van der Waals surface area contributed by atoms with Crippen molar-refractivity contribution in [1.29, 1.82) is 0 Å². The van der Waals surface area contributed by atoms with Crippen LogP contribution in [0.3, 0.4) is 0 Å². The highest BCUT2D eigenvalue weighted by molar-refractivity contribution is 8.15. The van der Waals surface area contributed by atoms with Crippen LogP contribution in [0.4, 0.5) is 5.69 Å². The third kappa shape index (κ3) is 6.42. The molecule has 1 saturated heterocycles. The van der Waals surface area contributed by atoms with E-state index in [4.69, 9.17) is 9.47 Å². The van der Waals surface area contributed by atoms with Crippen LogP contribution in [0.25, 0.3) is 0 Å². The second kappa shape index (κ2) is 11.1. The summed E-state index contributed by atoms with van der Waals surface area (Å²) in [6.45, 7) is 2.01. The van der Waals surface area contributed by atoms with Crippen LogP contribution in [0.15, 0.2) is 58.7 Å². The first-order valence-corrected chi connectivity index (χ1v) is 10.7. The number of esters is 1. The molecule has 0 aromatic heterocycles. The molecule has 1 fully saturated rings. The van der Waals surface area contributed by atoms with E-state index in [-0.39, 0.29) is 30.0 Å². The molecule has 1 heterocycles. The van der Waals surface area contributed by atoms with E-state index in [0.717, 1.165) is 23.1 Å². The number of rotatable bonds is 7. The van der Waals surface area contributed by atoms with Gasteiger partial charge in [-0.25, -0.2) is 4.79 Å². The lowest BCUT2D eigenvalue weighted by Crippen LogP contribution is -2.41. The molecule has 1 aliphatic heterocycles. The van der Waals surface area contributed by atoms with Crippen molar-refractivity contribution in [3.05, 3.63) is 59.7 Å². The van der Waals surface area contributed by atoms with E-state index in [0.29, 0.717) is 11.3 Å². The fraction of sp³-hybridized carbons (Fsp3) is 0.227. The van der Waals surface area contributed by atoms with E-state index in [1.54, 1.807) is 50.4 Å². The van der Waals surface area contributed by atoms with Crippen LogP contribution in [0.1, 0.15) is 29.3 Å².